The third-order valence-corrected chi connectivity index (χ3v) is 3.65. The van der Waals surface area contributed by atoms with E-state index in [2.05, 4.69) is 9.72 Å². The summed E-state index contributed by atoms with van der Waals surface area (Å²) in [5.74, 6) is -0.541. The molecule has 0 radical (unpaired) electrons. The minimum atomic E-state index is -0.739. The van der Waals surface area contributed by atoms with Gasteiger partial charge < -0.3 is 14.4 Å². The first-order valence-corrected chi connectivity index (χ1v) is 7.08. The number of hydrogen-bond acceptors (Lipinski definition) is 7. The molecule has 22 heavy (non-hydrogen) atoms. The lowest BCUT2D eigenvalue weighted by atomic mass is 10.1. The first kappa shape index (κ1) is 16.2. The summed E-state index contributed by atoms with van der Waals surface area (Å²) in [6, 6.07) is 1.40. The van der Waals surface area contributed by atoms with E-state index in [0.717, 1.165) is 6.42 Å². The van der Waals surface area contributed by atoms with Crippen molar-refractivity contribution in [3.63, 3.8) is 0 Å². The lowest BCUT2D eigenvalue weighted by molar-refractivity contribution is -0.384. The number of aryl methyl sites for hydroxylation is 1. The van der Waals surface area contributed by atoms with Crippen LogP contribution in [0.5, 0.6) is 0 Å². The van der Waals surface area contributed by atoms with Crippen LogP contribution in [0.15, 0.2) is 6.07 Å². The number of ether oxygens (including phenoxy) is 2. The molecular weight excluding hydrogens is 290 g/mol. The van der Waals surface area contributed by atoms with Crippen molar-refractivity contribution in [3.8, 4) is 0 Å². The van der Waals surface area contributed by atoms with Crippen molar-refractivity contribution in [1.82, 2.24) is 4.98 Å². The van der Waals surface area contributed by atoms with E-state index in [1.807, 2.05) is 11.8 Å². The molecule has 0 saturated carbocycles. The van der Waals surface area contributed by atoms with Crippen LogP contribution in [0.25, 0.3) is 0 Å². The van der Waals surface area contributed by atoms with Gasteiger partial charge in [-0.15, -0.1) is 0 Å². The van der Waals surface area contributed by atoms with Gasteiger partial charge in [0.25, 0.3) is 0 Å². The Bertz CT molecular complexity index is 584. The second-order valence-corrected chi connectivity index (χ2v) is 5.04. The third kappa shape index (κ3) is 3.01. The number of carbonyl (C=O) groups excluding carboxylic acids is 1. The van der Waals surface area contributed by atoms with Crippen LogP contribution in [0.4, 0.5) is 11.5 Å². The number of aromatic nitrogens is 1. The van der Waals surface area contributed by atoms with Gasteiger partial charge in [-0.05, 0) is 26.3 Å². The van der Waals surface area contributed by atoms with Gasteiger partial charge in [0.1, 0.15) is 5.56 Å². The highest BCUT2D eigenvalue weighted by Gasteiger charge is 2.33. The third-order valence-electron chi connectivity index (χ3n) is 3.65. The standard InChI is InChI=1S/C14H19N3O5/c1-4-16(10-5-6-22-8-10)13-12(17(19)20)11(14(18)21-3)7-9(2)15-13/h7,10H,4-6,8H2,1-3H3. The van der Waals surface area contributed by atoms with Gasteiger partial charge in [-0.3, -0.25) is 10.1 Å². The Kier molecular flexibility index (Phi) is 4.92. The molecule has 0 bridgehead atoms. The summed E-state index contributed by atoms with van der Waals surface area (Å²) in [7, 11) is 1.20. The summed E-state index contributed by atoms with van der Waals surface area (Å²) in [5, 5.41) is 11.5. The SMILES string of the molecule is CCN(c1nc(C)cc(C(=O)OC)c1[N+](=O)[O-])C1CCOC1. The Morgan fingerprint density at radius 3 is 2.86 bits per heavy atom. The summed E-state index contributed by atoms with van der Waals surface area (Å²) in [6.07, 6.45) is 0.772. The largest absolute Gasteiger partial charge is 0.465 e. The number of nitrogens with zero attached hydrogens (tertiary/aromatic N) is 3. The highest BCUT2D eigenvalue weighted by Crippen LogP contribution is 2.33. The van der Waals surface area contributed by atoms with Crippen molar-refractivity contribution in [1.29, 1.82) is 0 Å². The highest BCUT2D eigenvalue weighted by molar-refractivity contribution is 5.96. The fourth-order valence-corrected chi connectivity index (χ4v) is 2.64. The number of esters is 1. The van der Waals surface area contributed by atoms with Gasteiger partial charge in [0, 0.05) is 18.8 Å². The summed E-state index contributed by atoms with van der Waals surface area (Å²) < 4.78 is 10.0. The summed E-state index contributed by atoms with van der Waals surface area (Å²) in [4.78, 5) is 28.9. The predicted octanol–water partition coefficient (Wildman–Crippen LogP) is 1.70. The highest BCUT2D eigenvalue weighted by atomic mass is 16.6. The molecule has 120 valence electrons. The van der Waals surface area contributed by atoms with Crippen molar-refractivity contribution in [2.24, 2.45) is 0 Å². The second kappa shape index (κ2) is 6.69. The van der Waals surface area contributed by atoms with Crippen molar-refractivity contribution in [3.05, 3.63) is 27.4 Å². The van der Waals surface area contributed by atoms with E-state index >= 15 is 0 Å². The van der Waals surface area contributed by atoms with Crippen LogP contribution in [-0.2, 0) is 9.47 Å². The predicted molar refractivity (Wildman–Crippen MR) is 79.2 cm³/mol. The molecule has 0 aliphatic carbocycles. The molecule has 0 aromatic carbocycles. The Labute approximate surface area is 128 Å². The Hall–Kier alpha value is -2.22. The molecule has 1 aliphatic heterocycles. The minimum Gasteiger partial charge on any atom is -0.465 e. The molecule has 0 N–H and O–H groups in total. The van der Waals surface area contributed by atoms with E-state index in [-0.39, 0.29) is 23.1 Å². The van der Waals surface area contributed by atoms with Crippen molar-refractivity contribution >= 4 is 17.5 Å². The number of nitro groups is 1. The molecule has 1 unspecified atom stereocenters. The Balaban J connectivity index is 2.59. The maximum atomic E-state index is 11.9. The quantitative estimate of drug-likeness (QED) is 0.464. The molecule has 1 fully saturated rings. The second-order valence-electron chi connectivity index (χ2n) is 5.04. The van der Waals surface area contributed by atoms with Gasteiger partial charge in [-0.1, -0.05) is 0 Å². The first-order chi connectivity index (χ1) is 10.5. The van der Waals surface area contributed by atoms with E-state index in [4.69, 9.17) is 4.74 Å². The molecule has 1 saturated heterocycles. The zero-order chi connectivity index (χ0) is 16.3. The molecule has 1 aliphatic rings. The Morgan fingerprint density at radius 2 is 2.36 bits per heavy atom. The molecule has 8 heteroatoms. The van der Waals surface area contributed by atoms with Crippen LogP contribution < -0.4 is 4.90 Å². The average molecular weight is 309 g/mol. The average Bonchev–Trinajstić information content (AvgIpc) is 3.00. The monoisotopic (exact) mass is 309 g/mol. The fraction of sp³-hybridized carbons (Fsp3) is 0.571. The molecule has 1 aromatic heterocycles. The van der Waals surface area contributed by atoms with Gasteiger partial charge >= 0.3 is 11.7 Å². The first-order valence-electron chi connectivity index (χ1n) is 7.08. The number of carbonyl (C=O) groups is 1. The van der Waals surface area contributed by atoms with Crippen LogP contribution >= 0.6 is 0 Å². The molecule has 0 spiro atoms. The summed E-state index contributed by atoms with van der Waals surface area (Å²) in [5.41, 5.74) is 0.136. The van der Waals surface area contributed by atoms with Crippen molar-refractivity contribution < 1.29 is 19.2 Å². The van der Waals surface area contributed by atoms with Crippen molar-refractivity contribution in [2.75, 3.05) is 31.8 Å². The smallest absolute Gasteiger partial charge is 0.345 e. The maximum absolute atomic E-state index is 11.9. The number of likely N-dealkylation sites (N-methyl/N-ethyl adjacent to an activating group) is 1. The molecule has 8 nitrogen and oxygen atoms in total. The molecule has 1 aromatic rings. The minimum absolute atomic E-state index is 0.0171. The molecule has 2 heterocycles. The van der Waals surface area contributed by atoms with Crippen LogP contribution in [0.1, 0.15) is 29.4 Å². The summed E-state index contributed by atoms with van der Waals surface area (Å²) >= 11 is 0. The topological polar surface area (TPSA) is 94.8 Å². The number of pyridine rings is 1. The van der Waals surface area contributed by atoms with Gasteiger partial charge in [-0.2, -0.15) is 0 Å². The molecule has 2 rings (SSSR count). The van der Waals surface area contributed by atoms with E-state index in [1.165, 1.54) is 13.2 Å². The van der Waals surface area contributed by atoms with Gasteiger partial charge in [0.05, 0.1) is 24.7 Å². The fourth-order valence-electron chi connectivity index (χ4n) is 2.64. The molecule has 0 amide bonds. The normalized spacial score (nSPS) is 17.3. The molecule has 1 atom stereocenters. The van der Waals surface area contributed by atoms with Gasteiger partial charge in [0.2, 0.25) is 5.82 Å². The van der Waals surface area contributed by atoms with Crippen molar-refractivity contribution in [2.45, 2.75) is 26.3 Å². The van der Waals surface area contributed by atoms with Crippen LogP contribution in [0.2, 0.25) is 0 Å². The van der Waals surface area contributed by atoms with Crippen LogP contribution in [-0.4, -0.2) is 48.8 Å². The van der Waals surface area contributed by atoms with E-state index < -0.39 is 10.9 Å². The summed E-state index contributed by atoms with van der Waals surface area (Å²) in [6.45, 7) is 5.23. The lowest BCUT2D eigenvalue weighted by Crippen LogP contribution is -2.37. The van der Waals surface area contributed by atoms with Crippen LogP contribution in [0.3, 0.4) is 0 Å². The maximum Gasteiger partial charge on any atom is 0.345 e. The van der Waals surface area contributed by atoms with E-state index in [9.17, 15) is 14.9 Å². The van der Waals surface area contributed by atoms with Crippen LogP contribution in [0, 0.1) is 17.0 Å². The number of hydrogen-bond donors (Lipinski definition) is 0. The van der Waals surface area contributed by atoms with Gasteiger partial charge in [0.15, 0.2) is 0 Å². The zero-order valence-electron chi connectivity index (χ0n) is 12.9. The Morgan fingerprint density at radius 1 is 1.64 bits per heavy atom. The van der Waals surface area contributed by atoms with Gasteiger partial charge in [-0.25, -0.2) is 9.78 Å². The molecular formula is C14H19N3O5. The number of rotatable bonds is 5. The number of anilines is 1. The van der Waals surface area contributed by atoms with E-state index in [0.29, 0.717) is 25.5 Å². The number of methoxy groups -OCH3 is 1. The zero-order valence-corrected chi connectivity index (χ0v) is 12.9. The lowest BCUT2D eigenvalue weighted by Gasteiger charge is -2.27. The van der Waals surface area contributed by atoms with E-state index in [1.54, 1.807) is 6.92 Å².